The van der Waals surface area contributed by atoms with Gasteiger partial charge in [0.25, 0.3) is 0 Å². The van der Waals surface area contributed by atoms with Gasteiger partial charge in [0, 0.05) is 10.0 Å². The Morgan fingerprint density at radius 1 is 1.25 bits per heavy atom. The third-order valence-electron chi connectivity index (χ3n) is 2.40. The summed E-state index contributed by atoms with van der Waals surface area (Å²) in [6.07, 6.45) is 0. The molecule has 1 aromatic carbocycles. The first-order valence-electron chi connectivity index (χ1n) is 5.72. The van der Waals surface area contributed by atoms with Crippen LogP contribution in [0.2, 0.25) is 15.2 Å². The molecule has 0 N–H and O–H groups in total. The highest BCUT2D eigenvalue weighted by Gasteiger charge is 2.19. The van der Waals surface area contributed by atoms with Gasteiger partial charge in [-0.2, -0.15) is 0 Å². The van der Waals surface area contributed by atoms with Gasteiger partial charge < -0.3 is 4.74 Å². The molecule has 1 heterocycles. The molecule has 0 amide bonds. The summed E-state index contributed by atoms with van der Waals surface area (Å²) in [6, 6.07) is 5.09. The number of hydrogen-bond donors (Lipinski definition) is 0. The van der Waals surface area contributed by atoms with E-state index in [1.165, 1.54) is 4.68 Å². The van der Waals surface area contributed by atoms with Gasteiger partial charge in [0.1, 0.15) is 0 Å². The Balaban J connectivity index is 2.24. The molecule has 0 fully saturated rings. The van der Waals surface area contributed by atoms with E-state index in [9.17, 15) is 4.79 Å². The number of hydrogen-bond acceptors (Lipinski definition) is 4. The number of carbonyl (C=O) groups excluding carboxylic acids is 1. The second-order valence-electron chi connectivity index (χ2n) is 3.88. The monoisotopic (exact) mass is 333 g/mol. The van der Waals surface area contributed by atoms with E-state index >= 15 is 0 Å². The number of rotatable bonds is 4. The Morgan fingerprint density at radius 2 is 1.90 bits per heavy atom. The van der Waals surface area contributed by atoms with E-state index in [0.717, 1.165) is 5.56 Å². The maximum Gasteiger partial charge on any atom is 0.362 e. The lowest BCUT2D eigenvalue weighted by Crippen LogP contribution is -2.06. The summed E-state index contributed by atoms with van der Waals surface area (Å²) in [5, 5.41) is 8.67. The molecule has 0 saturated heterocycles. The van der Waals surface area contributed by atoms with Crippen LogP contribution < -0.4 is 0 Å². The van der Waals surface area contributed by atoms with Crippen molar-refractivity contribution < 1.29 is 9.53 Å². The molecule has 0 unspecified atom stereocenters. The lowest BCUT2D eigenvalue weighted by Gasteiger charge is -2.04. The van der Waals surface area contributed by atoms with Crippen LogP contribution in [0, 0.1) is 0 Å². The topological polar surface area (TPSA) is 57.0 Å². The van der Waals surface area contributed by atoms with Crippen molar-refractivity contribution in [1.82, 2.24) is 15.0 Å². The average molecular weight is 335 g/mol. The molecule has 1 aromatic heterocycles. The summed E-state index contributed by atoms with van der Waals surface area (Å²) < 4.78 is 6.20. The molecule has 106 valence electrons. The molecule has 0 radical (unpaired) electrons. The molecule has 2 rings (SSSR count). The number of halogens is 3. The van der Waals surface area contributed by atoms with E-state index in [1.54, 1.807) is 25.1 Å². The Morgan fingerprint density at radius 3 is 2.50 bits per heavy atom. The average Bonchev–Trinajstić information content (AvgIpc) is 2.70. The second kappa shape index (κ2) is 6.43. The van der Waals surface area contributed by atoms with E-state index in [1.807, 2.05) is 0 Å². The second-order valence-corrected chi connectivity index (χ2v) is 5.12. The van der Waals surface area contributed by atoms with Crippen molar-refractivity contribution in [3.8, 4) is 0 Å². The molecule has 0 atom stereocenters. The molecular formula is C12H10Cl3N3O2. The quantitative estimate of drug-likeness (QED) is 0.803. The molecule has 0 aliphatic carbocycles. The van der Waals surface area contributed by atoms with Gasteiger partial charge in [0.15, 0.2) is 5.15 Å². The maximum absolute atomic E-state index is 11.6. The molecule has 20 heavy (non-hydrogen) atoms. The molecule has 0 saturated carbocycles. The van der Waals surface area contributed by atoms with Crippen molar-refractivity contribution in [3.63, 3.8) is 0 Å². The molecule has 0 aliphatic rings. The van der Waals surface area contributed by atoms with E-state index in [4.69, 9.17) is 39.5 Å². The van der Waals surface area contributed by atoms with Crippen LogP contribution in [0.3, 0.4) is 0 Å². The van der Waals surface area contributed by atoms with E-state index in [2.05, 4.69) is 10.3 Å². The minimum atomic E-state index is -0.604. The van der Waals surface area contributed by atoms with Crippen LogP contribution in [0.25, 0.3) is 0 Å². The van der Waals surface area contributed by atoms with Crippen LogP contribution in [0.5, 0.6) is 0 Å². The number of carbonyl (C=O) groups is 1. The van der Waals surface area contributed by atoms with Gasteiger partial charge in [0.2, 0.25) is 5.69 Å². The van der Waals surface area contributed by atoms with Gasteiger partial charge in [-0.05, 0) is 30.7 Å². The van der Waals surface area contributed by atoms with Gasteiger partial charge >= 0.3 is 5.97 Å². The summed E-state index contributed by atoms with van der Waals surface area (Å²) >= 11 is 17.9. The Hall–Kier alpha value is -1.30. The summed E-state index contributed by atoms with van der Waals surface area (Å²) in [6.45, 7) is 2.24. The van der Waals surface area contributed by atoms with Crippen LogP contribution in [-0.4, -0.2) is 27.6 Å². The minimum absolute atomic E-state index is 0.0124. The van der Waals surface area contributed by atoms with Crippen molar-refractivity contribution in [3.05, 3.63) is 44.7 Å². The third-order valence-corrected chi connectivity index (χ3v) is 3.21. The van der Waals surface area contributed by atoms with Gasteiger partial charge in [-0.1, -0.05) is 40.0 Å². The summed E-state index contributed by atoms with van der Waals surface area (Å²) in [5.74, 6) is -0.604. The van der Waals surface area contributed by atoms with Gasteiger partial charge in [-0.15, -0.1) is 5.10 Å². The first-order valence-corrected chi connectivity index (χ1v) is 6.85. The van der Waals surface area contributed by atoms with Crippen LogP contribution in [0.4, 0.5) is 0 Å². The molecule has 0 aliphatic heterocycles. The molecular weight excluding hydrogens is 325 g/mol. The van der Waals surface area contributed by atoms with E-state index in [-0.39, 0.29) is 17.5 Å². The van der Waals surface area contributed by atoms with Crippen molar-refractivity contribution in [1.29, 1.82) is 0 Å². The highest BCUT2D eigenvalue weighted by atomic mass is 35.5. The number of aromatic nitrogens is 3. The fourth-order valence-electron chi connectivity index (χ4n) is 1.60. The Kier molecular flexibility index (Phi) is 4.86. The third kappa shape index (κ3) is 3.42. The number of nitrogens with zero attached hydrogens (tertiary/aromatic N) is 3. The van der Waals surface area contributed by atoms with E-state index in [0.29, 0.717) is 16.6 Å². The Bertz CT molecular complexity index is 623. The van der Waals surface area contributed by atoms with Crippen molar-refractivity contribution in [2.24, 2.45) is 0 Å². The Labute approximate surface area is 130 Å². The molecule has 0 bridgehead atoms. The van der Waals surface area contributed by atoms with E-state index < -0.39 is 5.97 Å². The lowest BCUT2D eigenvalue weighted by molar-refractivity contribution is 0.0519. The first kappa shape index (κ1) is 15.1. The van der Waals surface area contributed by atoms with Gasteiger partial charge in [-0.25, -0.2) is 9.48 Å². The maximum atomic E-state index is 11.6. The number of ether oxygens (including phenoxy) is 1. The van der Waals surface area contributed by atoms with Crippen LogP contribution >= 0.6 is 34.8 Å². The zero-order chi connectivity index (χ0) is 14.7. The molecule has 0 spiro atoms. The minimum Gasteiger partial charge on any atom is -0.461 e. The number of benzene rings is 1. The molecule has 5 nitrogen and oxygen atoms in total. The zero-order valence-corrected chi connectivity index (χ0v) is 12.7. The highest BCUT2D eigenvalue weighted by Crippen LogP contribution is 2.21. The number of esters is 1. The first-order chi connectivity index (χ1) is 9.51. The predicted molar refractivity (Wildman–Crippen MR) is 76.6 cm³/mol. The normalized spacial score (nSPS) is 10.6. The molecule has 8 heteroatoms. The largest absolute Gasteiger partial charge is 0.461 e. The molecule has 2 aromatic rings. The van der Waals surface area contributed by atoms with Gasteiger partial charge in [-0.3, -0.25) is 0 Å². The van der Waals surface area contributed by atoms with Crippen molar-refractivity contribution in [2.45, 2.75) is 13.5 Å². The summed E-state index contributed by atoms with van der Waals surface area (Å²) in [7, 11) is 0. The lowest BCUT2D eigenvalue weighted by atomic mass is 10.2. The van der Waals surface area contributed by atoms with Crippen LogP contribution in [-0.2, 0) is 11.3 Å². The van der Waals surface area contributed by atoms with Gasteiger partial charge in [0.05, 0.1) is 13.2 Å². The summed E-state index contributed by atoms with van der Waals surface area (Å²) in [5.41, 5.74) is 0.784. The smallest absolute Gasteiger partial charge is 0.362 e. The zero-order valence-electron chi connectivity index (χ0n) is 10.4. The van der Waals surface area contributed by atoms with Crippen molar-refractivity contribution >= 4 is 40.8 Å². The van der Waals surface area contributed by atoms with Crippen LogP contribution in [0.15, 0.2) is 18.2 Å². The SMILES string of the molecule is CCOC(=O)c1nnn(Cc2cc(Cl)cc(Cl)c2)c1Cl. The highest BCUT2D eigenvalue weighted by molar-refractivity contribution is 6.34. The summed E-state index contributed by atoms with van der Waals surface area (Å²) in [4.78, 5) is 11.6. The standard InChI is InChI=1S/C12H10Cl3N3O2/c1-2-20-12(19)10-11(15)18(17-16-10)6-7-3-8(13)5-9(14)4-7/h3-5H,2,6H2,1H3. The predicted octanol–water partition coefficient (Wildman–Crippen LogP) is 3.46. The van der Waals surface area contributed by atoms with Crippen molar-refractivity contribution in [2.75, 3.05) is 6.61 Å². The fraction of sp³-hybridized carbons (Fsp3) is 0.250. The van der Waals surface area contributed by atoms with Crippen LogP contribution in [0.1, 0.15) is 23.0 Å². The fourth-order valence-corrected chi connectivity index (χ4v) is 2.38.